The lowest BCUT2D eigenvalue weighted by Crippen LogP contribution is -2.14. The molecule has 0 fully saturated rings. The molecule has 0 aliphatic carbocycles. The highest BCUT2D eigenvalue weighted by Crippen LogP contribution is 2.35. The minimum Gasteiger partial charge on any atom is -0.196 e. The summed E-state index contributed by atoms with van der Waals surface area (Å²) < 4.78 is 28.0. The first-order valence-electron chi connectivity index (χ1n) is 4.80. The van der Waals surface area contributed by atoms with Gasteiger partial charge in [-0.2, -0.15) is 8.78 Å². The molecule has 0 atom stereocenters. The lowest BCUT2D eigenvalue weighted by atomic mass is 10.0. The Bertz CT molecular complexity index is 463. The topological polar surface area (TPSA) is 0 Å². The molecule has 2 aromatic rings. The molecule has 82 valence electrons. The molecule has 0 aromatic heterocycles. The first-order valence-corrected chi connectivity index (χ1v) is 5.18. The van der Waals surface area contributed by atoms with E-state index in [-0.39, 0.29) is 11.1 Å². The van der Waals surface area contributed by atoms with Crippen molar-refractivity contribution in [2.45, 2.75) is 5.92 Å². The molecular formula is C13H9ClF2. The molecule has 0 saturated heterocycles. The molecular weight excluding hydrogens is 230 g/mol. The largest absolute Gasteiger partial charge is 0.298 e. The van der Waals surface area contributed by atoms with E-state index in [9.17, 15) is 8.78 Å². The summed E-state index contributed by atoms with van der Waals surface area (Å²) >= 11 is 5.66. The van der Waals surface area contributed by atoms with Crippen molar-refractivity contribution < 1.29 is 8.78 Å². The highest BCUT2D eigenvalue weighted by atomic mass is 35.5. The van der Waals surface area contributed by atoms with Gasteiger partial charge in [-0.15, -0.1) is 0 Å². The molecule has 0 nitrogen and oxygen atoms in total. The predicted octanol–water partition coefficient (Wildman–Crippen LogP) is 4.48. The predicted molar refractivity (Wildman–Crippen MR) is 60.9 cm³/mol. The standard InChI is InChI=1S/C13H9ClF2/c14-12-8-6-11(7-9-12)13(15,16)10-4-2-1-3-5-10/h1-9H. The summed E-state index contributed by atoms with van der Waals surface area (Å²) in [5, 5.41) is 0.451. The number of benzene rings is 2. The van der Waals surface area contributed by atoms with Gasteiger partial charge in [0.2, 0.25) is 0 Å². The Labute approximate surface area is 97.5 Å². The molecule has 0 heterocycles. The van der Waals surface area contributed by atoms with Crippen LogP contribution in [-0.2, 0) is 5.92 Å². The van der Waals surface area contributed by atoms with Crippen LogP contribution in [0.25, 0.3) is 0 Å². The van der Waals surface area contributed by atoms with Crippen LogP contribution in [0.2, 0.25) is 5.02 Å². The van der Waals surface area contributed by atoms with Gasteiger partial charge >= 0.3 is 0 Å². The summed E-state index contributed by atoms with van der Waals surface area (Å²) in [4.78, 5) is 0. The van der Waals surface area contributed by atoms with Gasteiger partial charge in [0.1, 0.15) is 0 Å². The molecule has 0 spiro atoms. The third kappa shape index (κ3) is 2.07. The Hall–Kier alpha value is -1.41. The van der Waals surface area contributed by atoms with Gasteiger partial charge in [0, 0.05) is 16.1 Å². The molecule has 3 heteroatoms. The molecule has 0 amide bonds. The number of hydrogen-bond acceptors (Lipinski definition) is 0. The molecule has 0 radical (unpaired) electrons. The van der Waals surface area contributed by atoms with E-state index in [2.05, 4.69) is 0 Å². The summed E-state index contributed by atoms with van der Waals surface area (Å²) in [7, 11) is 0. The van der Waals surface area contributed by atoms with Gasteiger partial charge in [0.25, 0.3) is 5.92 Å². The fourth-order valence-electron chi connectivity index (χ4n) is 1.47. The molecule has 0 bridgehead atoms. The van der Waals surface area contributed by atoms with Crippen LogP contribution in [-0.4, -0.2) is 0 Å². The molecule has 0 aliphatic heterocycles. The van der Waals surface area contributed by atoms with Crippen LogP contribution in [0.15, 0.2) is 54.6 Å². The normalized spacial score (nSPS) is 11.4. The highest BCUT2D eigenvalue weighted by molar-refractivity contribution is 6.30. The summed E-state index contributed by atoms with van der Waals surface area (Å²) in [5.74, 6) is -2.98. The molecule has 16 heavy (non-hydrogen) atoms. The lowest BCUT2D eigenvalue weighted by Gasteiger charge is -2.17. The van der Waals surface area contributed by atoms with Crippen LogP contribution in [0.4, 0.5) is 8.78 Å². The SMILES string of the molecule is FC(F)(c1ccccc1)c1ccc(Cl)cc1. The first-order chi connectivity index (χ1) is 7.60. The average Bonchev–Trinajstić information content (AvgIpc) is 2.31. The minimum atomic E-state index is -2.98. The fraction of sp³-hybridized carbons (Fsp3) is 0.0769. The zero-order chi connectivity index (χ0) is 11.6. The van der Waals surface area contributed by atoms with Gasteiger partial charge in [0.15, 0.2) is 0 Å². The number of rotatable bonds is 2. The van der Waals surface area contributed by atoms with Crippen molar-refractivity contribution in [2.75, 3.05) is 0 Å². The van der Waals surface area contributed by atoms with Gasteiger partial charge in [0.05, 0.1) is 0 Å². The fourth-order valence-corrected chi connectivity index (χ4v) is 1.60. The van der Waals surface area contributed by atoms with E-state index in [0.29, 0.717) is 5.02 Å². The molecule has 0 saturated carbocycles. The van der Waals surface area contributed by atoms with Crippen molar-refractivity contribution in [3.63, 3.8) is 0 Å². The quantitative estimate of drug-likeness (QED) is 0.724. The van der Waals surface area contributed by atoms with Gasteiger partial charge in [-0.25, -0.2) is 0 Å². The third-order valence-corrected chi connectivity index (χ3v) is 2.60. The summed E-state index contributed by atoms with van der Waals surface area (Å²) in [5.41, 5.74) is -0.0691. The number of alkyl halides is 2. The van der Waals surface area contributed by atoms with Crippen molar-refractivity contribution in [2.24, 2.45) is 0 Å². The van der Waals surface area contributed by atoms with E-state index in [1.54, 1.807) is 18.2 Å². The van der Waals surface area contributed by atoms with Gasteiger partial charge < -0.3 is 0 Å². The Kier molecular flexibility index (Phi) is 2.92. The van der Waals surface area contributed by atoms with E-state index < -0.39 is 5.92 Å². The minimum absolute atomic E-state index is 0.0164. The molecule has 0 unspecified atom stereocenters. The molecule has 2 aromatic carbocycles. The van der Waals surface area contributed by atoms with E-state index in [1.807, 2.05) is 0 Å². The van der Waals surface area contributed by atoms with E-state index in [0.717, 1.165) is 0 Å². The van der Waals surface area contributed by atoms with Crippen molar-refractivity contribution in [1.29, 1.82) is 0 Å². The monoisotopic (exact) mass is 238 g/mol. The van der Waals surface area contributed by atoms with Gasteiger partial charge in [-0.1, -0.05) is 54.1 Å². The first kappa shape index (κ1) is 11.1. The highest BCUT2D eigenvalue weighted by Gasteiger charge is 2.33. The van der Waals surface area contributed by atoms with Crippen molar-refractivity contribution in [1.82, 2.24) is 0 Å². The number of hydrogen-bond donors (Lipinski definition) is 0. The smallest absolute Gasteiger partial charge is 0.196 e. The van der Waals surface area contributed by atoms with Crippen LogP contribution in [0.5, 0.6) is 0 Å². The average molecular weight is 239 g/mol. The zero-order valence-corrected chi connectivity index (χ0v) is 9.09. The zero-order valence-electron chi connectivity index (χ0n) is 8.33. The van der Waals surface area contributed by atoms with Crippen LogP contribution >= 0.6 is 11.6 Å². The second kappa shape index (κ2) is 4.22. The Balaban J connectivity index is 2.43. The van der Waals surface area contributed by atoms with Crippen molar-refractivity contribution in [3.8, 4) is 0 Å². The summed E-state index contributed by atoms with van der Waals surface area (Å²) in [6.07, 6.45) is 0. The van der Waals surface area contributed by atoms with Gasteiger partial charge in [-0.05, 0) is 12.1 Å². The van der Waals surface area contributed by atoms with E-state index in [4.69, 9.17) is 11.6 Å². The van der Waals surface area contributed by atoms with Crippen LogP contribution in [0.1, 0.15) is 11.1 Å². The molecule has 0 aliphatic rings. The van der Waals surface area contributed by atoms with Crippen molar-refractivity contribution in [3.05, 3.63) is 70.7 Å². The van der Waals surface area contributed by atoms with E-state index in [1.165, 1.54) is 36.4 Å². The second-order valence-corrected chi connectivity index (χ2v) is 3.88. The Morgan fingerprint density at radius 1 is 0.750 bits per heavy atom. The molecule has 0 N–H and O–H groups in total. The van der Waals surface area contributed by atoms with Crippen molar-refractivity contribution >= 4 is 11.6 Å². The maximum absolute atomic E-state index is 14.0. The second-order valence-electron chi connectivity index (χ2n) is 3.45. The Morgan fingerprint density at radius 3 is 1.81 bits per heavy atom. The van der Waals surface area contributed by atoms with Gasteiger partial charge in [-0.3, -0.25) is 0 Å². The third-order valence-electron chi connectivity index (χ3n) is 2.34. The van der Waals surface area contributed by atoms with E-state index >= 15 is 0 Å². The summed E-state index contributed by atoms with van der Waals surface area (Å²) in [6, 6.07) is 13.3. The lowest BCUT2D eigenvalue weighted by molar-refractivity contribution is 0.0428. The maximum Gasteiger partial charge on any atom is 0.298 e. The maximum atomic E-state index is 14.0. The molecule has 2 rings (SSSR count). The van der Waals surface area contributed by atoms with Crippen LogP contribution < -0.4 is 0 Å². The van der Waals surface area contributed by atoms with Crippen LogP contribution in [0.3, 0.4) is 0 Å². The Morgan fingerprint density at radius 2 is 1.25 bits per heavy atom. The summed E-state index contributed by atoms with van der Waals surface area (Å²) in [6.45, 7) is 0. The number of halogens is 3. The van der Waals surface area contributed by atoms with Crippen LogP contribution in [0, 0.1) is 0 Å².